The van der Waals surface area contributed by atoms with Crippen LogP contribution < -0.4 is 0 Å². The lowest BCUT2D eigenvalue weighted by Crippen LogP contribution is -2.29. The van der Waals surface area contributed by atoms with Gasteiger partial charge in [-0.25, -0.2) is 9.18 Å². The van der Waals surface area contributed by atoms with Gasteiger partial charge >= 0.3 is 5.97 Å². The van der Waals surface area contributed by atoms with E-state index in [1.54, 1.807) is 6.92 Å². The Balaban J connectivity index is 0. The van der Waals surface area contributed by atoms with Gasteiger partial charge < -0.3 is 10.2 Å². The minimum absolute atomic E-state index is 0. The van der Waals surface area contributed by atoms with Crippen LogP contribution in [-0.4, -0.2) is 28.5 Å². The number of rotatable bonds is 4. The molecule has 0 saturated carbocycles. The molecule has 68 valence electrons. The third kappa shape index (κ3) is 4.98. The number of aliphatic hydroxyl groups is 1. The predicted octanol–water partition coefficient (Wildman–Crippen LogP) is 0.992. The zero-order valence-corrected chi connectivity index (χ0v) is 6.97. The first-order chi connectivity index (χ1) is 4.59. The van der Waals surface area contributed by atoms with E-state index in [4.69, 9.17) is 10.2 Å². The van der Waals surface area contributed by atoms with Crippen LogP contribution >= 0.6 is 12.4 Å². The highest BCUT2D eigenvalue weighted by Gasteiger charge is 2.24. The normalized spacial score (nSPS) is 14.8. The summed E-state index contributed by atoms with van der Waals surface area (Å²) >= 11 is 0. The molecule has 2 unspecified atom stereocenters. The van der Waals surface area contributed by atoms with E-state index < -0.39 is 18.2 Å². The van der Waals surface area contributed by atoms with Gasteiger partial charge in [-0.1, -0.05) is 13.3 Å². The van der Waals surface area contributed by atoms with Gasteiger partial charge in [0, 0.05) is 0 Å². The number of hydrogen-bond donors (Lipinski definition) is 2. The highest BCUT2D eigenvalue weighted by atomic mass is 35.5. The summed E-state index contributed by atoms with van der Waals surface area (Å²) in [6.07, 6.45) is -2.73. The smallest absolute Gasteiger partial charge is 0.341 e. The lowest BCUT2D eigenvalue weighted by atomic mass is 10.1. The van der Waals surface area contributed by atoms with Crippen molar-refractivity contribution in [2.24, 2.45) is 0 Å². The first-order valence-corrected chi connectivity index (χ1v) is 3.14. The molecule has 0 aromatic heterocycles. The lowest BCUT2D eigenvalue weighted by Gasteiger charge is -2.09. The van der Waals surface area contributed by atoms with E-state index in [1.807, 2.05) is 0 Å². The summed E-state index contributed by atoms with van der Waals surface area (Å²) in [5.74, 6) is -1.60. The molecule has 0 rings (SSSR count). The zero-order valence-electron chi connectivity index (χ0n) is 6.16. The maximum Gasteiger partial charge on any atom is 0.341 e. The molecule has 0 spiro atoms. The Hall–Kier alpha value is -0.350. The van der Waals surface area contributed by atoms with E-state index in [-0.39, 0.29) is 18.8 Å². The van der Waals surface area contributed by atoms with Gasteiger partial charge in [0.2, 0.25) is 6.17 Å². The van der Waals surface area contributed by atoms with E-state index in [2.05, 4.69) is 0 Å². The van der Waals surface area contributed by atoms with Crippen LogP contribution in [0.3, 0.4) is 0 Å². The van der Waals surface area contributed by atoms with Gasteiger partial charge in [0.15, 0.2) is 0 Å². The number of halogens is 2. The molecule has 0 fully saturated rings. The van der Waals surface area contributed by atoms with Crippen LogP contribution in [0.2, 0.25) is 0 Å². The molecule has 3 nitrogen and oxygen atoms in total. The molecule has 2 N–H and O–H groups in total. The first kappa shape index (κ1) is 13.3. The van der Waals surface area contributed by atoms with Gasteiger partial charge in [-0.05, 0) is 6.42 Å². The van der Waals surface area contributed by atoms with Crippen LogP contribution in [0, 0.1) is 0 Å². The van der Waals surface area contributed by atoms with Crippen molar-refractivity contribution in [3.8, 4) is 0 Å². The molecule has 0 heterocycles. The molecular formula is C6H12ClFO3. The van der Waals surface area contributed by atoms with E-state index in [0.29, 0.717) is 6.42 Å². The summed E-state index contributed by atoms with van der Waals surface area (Å²) in [6, 6.07) is 0. The van der Waals surface area contributed by atoms with Crippen molar-refractivity contribution in [1.82, 2.24) is 0 Å². The molecule has 0 aromatic rings. The minimum atomic E-state index is -2.14. The van der Waals surface area contributed by atoms with Crippen LogP contribution in [-0.2, 0) is 4.79 Å². The molecule has 2 atom stereocenters. The molecule has 0 bridgehead atoms. The number of hydrogen-bond acceptors (Lipinski definition) is 2. The Morgan fingerprint density at radius 3 is 2.36 bits per heavy atom. The average Bonchev–Trinajstić information content (AvgIpc) is 1.87. The van der Waals surface area contributed by atoms with Crippen LogP contribution in [0.5, 0.6) is 0 Å². The maximum absolute atomic E-state index is 12.3. The van der Waals surface area contributed by atoms with Crippen molar-refractivity contribution in [3.63, 3.8) is 0 Å². The fourth-order valence-electron chi connectivity index (χ4n) is 0.607. The SMILES string of the molecule is CCCC(O)C(F)C(=O)O.Cl. The van der Waals surface area contributed by atoms with Crippen molar-refractivity contribution >= 4 is 18.4 Å². The zero-order chi connectivity index (χ0) is 8.15. The second-order valence-electron chi connectivity index (χ2n) is 2.10. The highest BCUT2D eigenvalue weighted by molar-refractivity contribution is 5.85. The topological polar surface area (TPSA) is 57.5 Å². The average molecular weight is 187 g/mol. The Morgan fingerprint density at radius 2 is 2.09 bits per heavy atom. The molecule has 11 heavy (non-hydrogen) atoms. The van der Waals surface area contributed by atoms with E-state index >= 15 is 0 Å². The van der Waals surface area contributed by atoms with Crippen LogP contribution in [0.4, 0.5) is 4.39 Å². The Morgan fingerprint density at radius 1 is 1.64 bits per heavy atom. The number of carbonyl (C=O) groups is 1. The molecule has 5 heteroatoms. The third-order valence-corrected chi connectivity index (χ3v) is 1.16. The van der Waals surface area contributed by atoms with Crippen molar-refractivity contribution in [3.05, 3.63) is 0 Å². The maximum atomic E-state index is 12.3. The number of aliphatic carboxylic acids is 1. The van der Waals surface area contributed by atoms with Gasteiger partial charge in [0.25, 0.3) is 0 Å². The molecule has 0 amide bonds. The van der Waals surface area contributed by atoms with Gasteiger partial charge in [-0.15, -0.1) is 12.4 Å². The van der Waals surface area contributed by atoms with Crippen LogP contribution in [0.15, 0.2) is 0 Å². The summed E-state index contributed by atoms with van der Waals surface area (Å²) in [6.45, 7) is 1.75. The lowest BCUT2D eigenvalue weighted by molar-refractivity contribution is -0.147. The van der Waals surface area contributed by atoms with Crippen LogP contribution in [0.1, 0.15) is 19.8 Å². The summed E-state index contributed by atoms with van der Waals surface area (Å²) in [5.41, 5.74) is 0. The Labute approximate surface area is 70.6 Å². The first-order valence-electron chi connectivity index (χ1n) is 3.14. The predicted molar refractivity (Wildman–Crippen MR) is 40.7 cm³/mol. The van der Waals surface area contributed by atoms with Gasteiger partial charge in [-0.2, -0.15) is 0 Å². The molecule has 0 aliphatic carbocycles. The van der Waals surface area contributed by atoms with Crippen molar-refractivity contribution in [1.29, 1.82) is 0 Å². The molecular weight excluding hydrogens is 175 g/mol. The second-order valence-corrected chi connectivity index (χ2v) is 2.10. The number of aliphatic hydroxyl groups excluding tert-OH is 1. The molecule has 0 aromatic carbocycles. The fraction of sp³-hybridized carbons (Fsp3) is 0.833. The second kappa shape index (κ2) is 6.37. The highest BCUT2D eigenvalue weighted by Crippen LogP contribution is 2.05. The minimum Gasteiger partial charge on any atom is -0.479 e. The summed E-state index contributed by atoms with van der Waals surface area (Å²) in [7, 11) is 0. The van der Waals surface area contributed by atoms with Crippen molar-refractivity contribution < 1.29 is 19.4 Å². The number of alkyl halides is 1. The molecule has 0 aliphatic rings. The largest absolute Gasteiger partial charge is 0.479 e. The summed E-state index contributed by atoms with van der Waals surface area (Å²) in [4.78, 5) is 9.88. The van der Waals surface area contributed by atoms with Gasteiger partial charge in [0.1, 0.15) is 0 Å². The van der Waals surface area contributed by atoms with E-state index in [0.717, 1.165) is 0 Å². The summed E-state index contributed by atoms with van der Waals surface area (Å²) < 4.78 is 12.3. The van der Waals surface area contributed by atoms with Gasteiger partial charge in [-0.3, -0.25) is 0 Å². The van der Waals surface area contributed by atoms with Gasteiger partial charge in [0.05, 0.1) is 6.10 Å². The molecule has 0 saturated heterocycles. The van der Waals surface area contributed by atoms with Crippen LogP contribution in [0.25, 0.3) is 0 Å². The third-order valence-electron chi connectivity index (χ3n) is 1.16. The number of carboxylic acids is 1. The Bertz CT molecular complexity index is 120. The molecule has 0 radical (unpaired) electrons. The molecule has 0 aliphatic heterocycles. The Kier molecular flexibility index (Phi) is 7.67. The van der Waals surface area contributed by atoms with Crippen molar-refractivity contribution in [2.75, 3.05) is 0 Å². The fourth-order valence-corrected chi connectivity index (χ4v) is 0.607. The van der Waals surface area contributed by atoms with Crippen molar-refractivity contribution in [2.45, 2.75) is 32.0 Å². The quantitative estimate of drug-likeness (QED) is 0.689. The standard InChI is InChI=1S/C6H11FO3.ClH/c1-2-3-4(8)5(7)6(9)10;/h4-5,8H,2-3H2,1H3,(H,9,10);1H. The van der Waals surface area contributed by atoms with E-state index in [1.165, 1.54) is 0 Å². The summed E-state index contributed by atoms with van der Waals surface area (Å²) in [5, 5.41) is 16.8. The monoisotopic (exact) mass is 186 g/mol. The number of carboxylic acid groups (broad SMARTS) is 1. The van der Waals surface area contributed by atoms with E-state index in [9.17, 15) is 9.18 Å².